The fraction of sp³-hybridized carbons (Fsp3) is 0.231. The van der Waals surface area contributed by atoms with Gasteiger partial charge in [-0.2, -0.15) is 9.71 Å². The number of benzene rings is 1. The van der Waals surface area contributed by atoms with Gasteiger partial charge in [0, 0.05) is 17.5 Å². The van der Waals surface area contributed by atoms with Crippen LogP contribution in [-0.2, 0) is 6.42 Å². The van der Waals surface area contributed by atoms with Crippen LogP contribution in [0, 0.1) is 5.41 Å². The van der Waals surface area contributed by atoms with Crippen LogP contribution < -0.4 is 10.2 Å². The summed E-state index contributed by atoms with van der Waals surface area (Å²) in [4.78, 5) is 4.16. The predicted molar refractivity (Wildman–Crippen MR) is 75.8 cm³/mol. The number of rotatable bonds is 4. The highest BCUT2D eigenvalue weighted by atomic mass is 35.5. The molecule has 106 valence electrons. The van der Waals surface area contributed by atoms with E-state index in [1.165, 1.54) is 6.07 Å². The minimum Gasteiger partial charge on any atom is -0.437 e. The van der Waals surface area contributed by atoms with Crippen LogP contribution >= 0.6 is 23.2 Å². The van der Waals surface area contributed by atoms with Crippen LogP contribution in [0.2, 0.25) is 10.0 Å². The van der Waals surface area contributed by atoms with Crippen molar-refractivity contribution >= 4 is 23.2 Å². The maximum absolute atomic E-state index is 9.68. The molecule has 1 aromatic heterocycles. The lowest BCUT2D eigenvalue weighted by molar-refractivity contribution is 0.154. The molecule has 0 unspecified atom stereocenters. The minimum absolute atomic E-state index is 0.108. The molecule has 0 aliphatic heterocycles. The molecule has 1 aromatic carbocycles. The molecule has 0 radical (unpaired) electrons. The van der Waals surface area contributed by atoms with Gasteiger partial charge in [-0.05, 0) is 24.6 Å². The second-order valence-electron chi connectivity index (χ2n) is 4.13. The molecule has 0 atom stereocenters. The Morgan fingerprint density at radius 1 is 1.35 bits per heavy atom. The van der Waals surface area contributed by atoms with Gasteiger partial charge in [0.15, 0.2) is 11.3 Å². The van der Waals surface area contributed by atoms with Gasteiger partial charge in [0.1, 0.15) is 5.75 Å². The summed E-state index contributed by atoms with van der Waals surface area (Å²) >= 11 is 11.8. The first-order valence-electron chi connectivity index (χ1n) is 6.01. The summed E-state index contributed by atoms with van der Waals surface area (Å²) in [5.74, 6) is 0.953. The van der Waals surface area contributed by atoms with Gasteiger partial charge >= 0.3 is 0 Å². The van der Waals surface area contributed by atoms with Crippen molar-refractivity contribution in [2.24, 2.45) is 0 Å². The molecule has 0 aliphatic rings. The lowest BCUT2D eigenvalue weighted by atomic mass is 10.3. The SMILES string of the molecule is CCCc1nc(Oc2ccc(Cl)cc2Cl)cc(=N)n1O. The zero-order valence-electron chi connectivity index (χ0n) is 10.7. The van der Waals surface area contributed by atoms with Crippen molar-refractivity contribution in [3.8, 4) is 11.6 Å². The highest BCUT2D eigenvalue weighted by Gasteiger charge is 2.09. The maximum Gasteiger partial charge on any atom is 0.224 e. The van der Waals surface area contributed by atoms with Crippen molar-refractivity contribution in [3.05, 3.63) is 45.6 Å². The normalized spacial score (nSPS) is 10.6. The lowest BCUT2D eigenvalue weighted by Crippen LogP contribution is -2.22. The number of hydrogen-bond donors (Lipinski definition) is 2. The average molecular weight is 314 g/mol. The van der Waals surface area contributed by atoms with Gasteiger partial charge in [-0.15, -0.1) is 0 Å². The van der Waals surface area contributed by atoms with E-state index < -0.39 is 0 Å². The summed E-state index contributed by atoms with van der Waals surface area (Å²) < 4.78 is 6.28. The topological polar surface area (TPSA) is 71.1 Å². The third kappa shape index (κ3) is 3.23. The monoisotopic (exact) mass is 313 g/mol. The zero-order valence-corrected chi connectivity index (χ0v) is 12.2. The van der Waals surface area contributed by atoms with Gasteiger partial charge < -0.3 is 9.94 Å². The Morgan fingerprint density at radius 2 is 2.10 bits per heavy atom. The van der Waals surface area contributed by atoms with E-state index in [9.17, 15) is 5.21 Å². The highest BCUT2D eigenvalue weighted by molar-refractivity contribution is 6.35. The smallest absolute Gasteiger partial charge is 0.224 e. The fourth-order valence-electron chi connectivity index (χ4n) is 1.63. The molecule has 7 heteroatoms. The summed E-state index contributed by atoms with van der Waals surface area (Å²) in [5.41, 5.74) is -0.108. The molecular formula is C13H13Cl2N3O2. The van der Waals surface area contributed by atoms with E-state index in [2.05, 4.69) is 4.98 Å². The van der Waals surface area contributed by atoms with E-state index in [0.717, 1.165) is 11.2 Å². The third-order valence-corrected chi connectivity index (χ3v) is 3.08. The van der Waals surface area contributed by atoms with Crippen molar-refractivity contribution < 1.29 is 9.94 Å². The van der Waals surface area contributed by atoms with Gasteiger partial charge in [-0.1, -0.05) is 30.1 Å². The van der Waals surface area contributed by atoms with E-state index >= 15 is 0 Å². The molecule has 1 heterocycles. The molecule has 0 saturated carbocycles. The van der Waals surface area contributed by atoms with Crippen molar-refractivity contribution in [1.82, 2.24) is 9.71 Å². The van der Waals surface area contributed by atoms with E-state index in [-0.39, 0.29) is 11.4 Å². The summed E-state index contributed by atoms with van der Waals surface area (Å²) in [6.45, 7) is 1.95. The van der Waals surface area contributed by atoms with Gasteiger partial charge in [-0.25, -0.2) is 0 Å². The maximum atomic E-state index is 9.68. The van der Waals surface area contributed by atoms with Gasteiger partial charge in [0.2, 0.25) is 5.88 Å². The number of hydrogen-bond acceptors (Lipinski definition) is 4. The van der Waals surface area contributed by atoms with Crippen LogP contribution in [0.3, 0.4) is 0 Å². The van der Waals surface area contributed by atoms with Gasteiger partial charge in [0.05, 0.1) is 5.02 Å². The summed E-state index contributed by atoms with van der Waals surface area (Å²) in [5, 5.41) is 18.2. The van der Waals surface area contributed by atoms with Crippen molar-refractivity contribution in [3.63, 3.8) is 0 Å². The molecular weight excluding hydrogens is 301 g/mol. The highest BCUT2D eigenvalue weighted by Crippen LogP contribution is 2.30. The Hall–Kier alpha value is -1.72. The second kappa shape index (κ2) is 6.15. The Kier molecular flexibility index (Phi) is 4.52. The Morgan fingerprint density at radius 3 is 2.75 bits per heavy atom. The van der Waals surface area contributed by atoms with Crippen LogP contribution in [0.5, 0.6) is 11.6 Å². The van der Waals surface area contributed by atoms with Gasteiger partial charge in [0.25, 0.3) is 0 Å². The number of aromatic nitrogens is 2. The number of nitrogens with zero attached hydrogens (tertiary/aromatic N) is 2. The van der Waals surface area contributed by atoms with Crippen LogP contribution in [-0.4, -0.2) is 14.9 Å². The van der Waals surface area contributed by atoms with Crippen LogP contribution in [0.1, 0.15) is 19.2 Å². The molecule has 0 amide bonds. The number of halogens is 2. The Balaban J connectivity index is 2.36. The number of aryl methyl sites for hydroxylation is 1. The average Bonchev–Trinajstić information content (AvgIpc) is 2.39. The lowest BCUT2D eigenvalue weighted by Gasteiger charge is -2.10. The molecule has 2 N–H and O–H groups in total. The van der Waals surface area contributed by atoms with Crippen LogP contribution in [0.15, 0.2) is 24.3 Å². The second-order valence-corrected chi connectivity index (χ2v) is 4.98. The summed E-state index contributed by atoms with van der Waals surface area (Å²) in [7, 11) is 0. The first kappa shape index (κ1) is 14.7. The molecule has 0 bridgehead atoms. The number of ether oxygens (including phenoxy) is 1. The molecule has 2 aromatic rings. The molecule has 0 saturated heterocycles. The quantitative estimate of drug-likeness (QED) is 0.846. The Bertz CT molecular complexity index is 686. The van der Waals surface area contributed by atoms with Gasteiger partial charge in [-0.3, -0.25) is 5.41 Å². The third-order valence-electron chi connectivity index (χ3n) is 2.55. The minimum atomic E-state index is -0.108. The standard InChI is InChI=1S/C13H13Cl2N3O2/c1-2-3-12-17-13(7-11(16)18(12)19)20-10-5-4-8(14)6-9(10)15/h4-7,16,19H,2-3H2,1H3. The zero-order chi connectivity index (χ0) is 14.7. The first-order valence-corrected chi connectivity index (χ1v) is 6.76. The van der Waals surface area contributed by atoms with E-state index in [4.69, 9.17) is 33.3 Å². The molecule has 2 rings (SSSR count). The van der Waals surface area contributed by atoms with Crippen LogP contribution in [0.4, 0.5) is 0 Å². The molecule has 5 nitrogen and oxygen atoms in total. The molecule has 20 heavy (non-hydrogen) atoms. The van der Waals surface area contributed by atoms with E-state index in [1.807, 2.05) is 6.92 Å². The van der Waals surface area contributed by atoms with Crippen LogP contribution in [0.25, 0.3) is 0 Å². The molecule has 0 fully saturated rings. The fourth-order valence-corrected chi connectivity index (χ4v) is 2.08. The van der Waals surface area contributed by atoms with E-state index in [0.29, 0.717) is 28.0 Å². The Labute approximate surface area is 125 Å². The van der Waals surface area contributed by atoms with Crippen molar-refractivity contribution in [2.75, 3.05) is 0 Å². The summed E-state index contributed by atoms with van der Waals surface area (Å²) in [6.07, 6.45) is 1.33. The van der Waals surface area contributed by atoms with E-state index in [1.54, 1.807) is 18.2 Å². The summed E-state index contributed by atoms with van der Waals surface area (Å²) in [6, 6.07) is 6.13. The van der Waals surface area contributed by atoms with Crippen molar-refractivity contribution in [1.29, 1.82) is 5.41 Å². The van der Waals surface area contributed by atoms with Crippen molar-refractivity contribution in [2.45, 2.75) is 19.8 Å². The molecule has 0 aliphatic carbocycles. The number of nitrogens with one attached hydrogen (secondary N) is 1. The first-order chi connectivity index (χ1) is 9.51. The molecule has 0 spiro atoms. The largest absolute Gasteiger partial charge is 0.437 e. The predicted octanol–water partition coefficient (Wildman–Crippen LogP) is 3.65.